The molecule has 154 valence electrons. The van der Waals surface area contributed by atoms with Gasteiger partial charge < -0.3 is 25.0 Å². The van der Waals surface area contributed by atoms with Crippen LogP contribution >= 0.6 is 11.3 Å². The summed E-state index contributed by atoms with van der Waals surface area (Å²) in [6.45, 7) is 11.9. The molecule has 0 aliphatic heterocycles. The smallest absolute Gasteiger partial charge is 0.350 e. The minimum atomic E-state index is -0.314. The molecule has 0 radical (unpaired) electrons. The highest BCUT2D eigenvalue weighted by Gasteiger charge is 2.20. The number of methoxy groups -OCH3 is 1. The van der Waals surface area contributed by atoms with E-state index in [1.165, 1.54) is 11.3 Å². The first-order valence-corrected chi connectivity index (χ1v) is 10.1. The zero-order valence-corrected chi connectivity index (χ0v) is 18.1. The van der Waals surface area contributed by atoms with E-state index >= 15 is 0 Å². The Morgan fingerprint density at radius 1 is 1.37 bits per heavy atom. The molecule has 1 heterocycles. The number of hydrogen-bond acceptors (Lipinski definition) is 7. The molecule has 0 saturated heterocycles. The van der Waals surface area contributed by atoms with Gasteiger partial charge in [-0.15, -0.1) is 11.3 Å². The van der Waals surface area contributed by atoms with E-state index in [-0.39, 0.29) is 12.0 Å². The highest BCUT2D eigenvalue weighted by Crippen LogP contribution is 2.24. The average molecular weight is 400 g/mol. The average Bonchev–Trinajstić information content (AvgIpc) is 3.02. The van der Waals surface area contributed by atoms with Crippen molar-refractivity contribution in [1.82, 2.24) is 20.5 Å². The molecular weight excluding hydrogens is 366 g/mol. The number of thiazole rings is 1. The van der Waals surface area contributed by atoms with Gasteiger partial charge in [-0.3, -0.25) is 4.99 Å². The Hall–Kier alpha value is -1.71. The molecule has 0 spiro atoms. The molecular formula is C18H33N5O3S. The number of nitrogens with zero attached hydrogens (tertiary/aromatic N) is 3. The molecule has 0 saturated carbocycles. The highest BCUT2D eigenvalue weighted by atomic mass is 32.1. The van der Waals surface area contributed by atoms with E-state index in [0.29, 0.717) is 30.3 Å². The Morgan fingerprint density at radius 3 is 2.74 bits per heavy atom. The number of likely N-dealkylation sites (N-methyl/N-ethyl adjacent to an activating group) is 1. The van der Waals surface area contributed by atoms with Crippen molar-refractivity contribution in [2.24, 2.45) is 4.99 Å². The first-order chi connectivity index (χ1) is 12.9. The second kappa shape index (κ2) is 12.6. The fourth-order valence-electron chi connectivity index (χ4n) is 2.27. The van der Waals surface area contributed by atoms with Crippen molar-refractivity contribution < 1.29 is 14.3 Å². The monoisotopic (exact) mass is 399 g/mol. The fourth-order valence-corrected chi connectivity index (χ4v) is 3.23. The van der Waals surface area contributed by atoms with Gasteiger partial charge in [0.05, 0.1) is 31.5 Å². The summed E-state index contributed by atoms with van der Waals surface area (Å²) in [6.07, 6.45) is 0. The normalized spacial score (nSPS) is 12.9. The lowest BCUT2D eigenvalue weighted by atomic mass is 10.3. The fraction of sp³-hybridized carbons (Fsp3) is 0.722. The van der Waals surface area contributed by atoms with Gasteiger partial charge in [0.15, 0.2) is 5.96 Å². The van der Waals surface area contributed by atoms with Crippen molar-refractivity contribution in [3.8, 4) is 0 Å². The summed E-state index contributed by atoms with van der Waals surface area (Å²) in [5.74, 6) is 0.418. The largest absolute Gasteiger partial charge is 0.462 e. The second-order valence-corrected chi connectivity index (χ2v) is 7.14. The molecule has 0 aliphatic carbocycles. The zero-order valence-electron chi connectivity index (χ0n) is 17.3. The summed E-state index contributed by atoms with van der Waals surface area (Å²) in [5, 5.41) is 7.43. The lowest BCUT2D eigenvalue weighted by Gasteiger charge is -2.17. The molecule has 0 fully saturated rings. The minimum absolute atomic E-state index is 0.0686. The number of carbonyl (C=O) groups is 1. The predicted molar refractivity (Wildman–Crippen MR) is 110 cm³/mol. The molecule has 1 aromatic heterocycles. The molecule has 0 bridgehead atoms. The first kappa shape index (κ1) is 23.3. The summed E-state index contributed by atoms with van der Waals surface area (Å²) in [7, 11) is 3.75. The SMILES string of the molecule is CCNC(=NCCN(C)CCOC)NC(C)c1nc(C)c(C(=O)OCC)s1. The van der Waals surface area contributed by atoms with E-state index < -0.39 is 0 Å². The summed E-state index contributed by atoms with van der Waals surface area (Å²) in [4.78, 5) is 23.9. The van der Waals surface area contributed by atoms with Crippen molar-refractivity contribution in [3.05, 3.63) is 15.6 Å². The van der Waals surface area contributed by atoms with E-state index in [0.717, 1.165) is 30.6 Å². The van der Waals surface area contributed by atoms with Gasteiger partial charge in [-0.25, -0.2) is 9.78 Å². The van der Waals surface area contributed by atoms with Crippen LogP contribution in [0.25, 0.3) is 0 Å². The highest BCUT2D eigenvalue weighted by molar-refractivity contribution is 7.13. The maximum Gasteiger partial charge on any atom is 0.350 e. The third-order valence-electron chi connectivity index (χ3n) is 3.77. The van der Waals surface area contributed by atoms with Gasteiger partial charge >= 0.3 is 5.97 Å². The van der Waals surface area contributed by atoms with Gasteiger partial charge in [-0.2, -0.15) is 0 Å². The van der Waals surface area contributed by atoms with Gasteiger partial charge in [0.25, 0.3) is 0 Å². The molecule has 9 heteroatoms. The van der Waals surface area contributed by atoms with Crippen LogP contribution in [-0.4, -0.2) is 75.4 Å². The number of rotatable bonds is 11. The number of guanidine groups is 1. The van der Waals surface area contributed by atoms with Crippen molar-refractivity contribution in [2.75, 3.05) is 53.6 Å². The van der Waals surface area contributed by atoms with E-state index in [1.54, 1.807) is 14.0 Å². The molecule has 0 amide bonds. The molecule has 0 aromatic carbocycles. The van der Waals surface area contributed by atoms with Crippen LogP contribution in [0, 0.1) is 6.92 Å². The van der Waals surface area contributed by atoms with Gasteiger partial charge in [-0.05, 0) is 34.7 Å². The number of ether oxygens (including phenoxy) is 2. The van der Waals surface area contributed by atoms with E-state index in [2.05, 4.69) is 25.5 Å². The van der Waals surface area contributed by atoms with Crippen molar-refractivity contribution in [1.29, 1.82) is 0 Å². The Kier molecular flexibility index (Phi) is 10.9. The Morgan fingerprint density at radius 2 is 2.11 bits per heavy atom. The maximum absolute atomic E-state index is 12.0. The first-order valence-electron chi connectivity index (χ1n) is 9.29. The van der Waals surface area contributed by atoms with Gasteiger partial charge in [0.1, 0.15) is 9.88 Å². The topological polar surface area (TPSA) is 88.1 Å². The summed E-state index contributed by atoms with van der Waals surface area (Å²) in [5.41, 5.74) is 0.698. The molecule has 0 aliphatic rings. The molecule has 2 N–H and O–H groups in total. The number of esters is 1. The number of aliphatic imine (C=N–C) groups is 1. The zero-order chi connectivity index (χ0) is 20.2. The summed E-state index contributed by atoms with van der Waals surface area (Å²) in [6, 6.07) is -0.0686. The predicted octanol–water partition coefficient (Wildman–Crippen LogP) is 1.82. The van der Waals surface area contributed by atoms with Crippen LogP contribution in [0.3, 0.4) is 0 Å². The molecule has 1 aromatic rings. The van der Waals surface area contributed by atoms with Crippen LogP contribution < -0.4 is 10.6 Å². The van der Waals surface area contributed by atoms with Crippen LogP contribution in [0.4, 0.5) is 0 Å². The van der Waals surface area contributed by atoms with Gasteiger partial charge in [0.2, 0.25) is 0 Å². The Balaban J connectivity index is 2.69. The van der Waals surface area contributed by atoms with Crippen LogP contribution in [0.5, 0.6) is 0 Å². The Labute approximate surface area is 166 Å². The molecule has 27 heavy (non-hydrogen) atoms. The third-order valence-corrected chi connectivity index (χ3v) is 5.09. The molecule has 1 atom stereocenters. The molecule has 1 rings (SSSR count). The van der Waals surface area contributed by atoms with Gasteiger partial charge in [0, 0.05) is 26.7 Å². The lowest BCUT2D eigenvalue weighted by molar-refractivity contribution is 0.0531. The van der Waals surface area contributed by atoms with Crippen molar-refractivity contribution >= 4 is 23.3 Å². The Bertz CT molecular complexity index is 606. The number of aromatic nitrogens is 1. The second-order valence-electron chi connectivity index (χ2n) is 6.11. The quantitative estimate of drug-likeness (QED) is 0.333. The van der Waals surface area contributed by atoms with Crippen molar-refractivity contribution in [2.45, 2.75) is 33.7 Å². The van der Waals surface area contributed by atoms with Crippen LogP contribution in [0.15, 0.2) is 4.99 Å². The maximum atomic E-state index is 12.0. The van der Waals surface area contributed by atoms with Crippen LogP contribution in [0.2, 0.25) is 0 Å². The summed E-state index contributed by atoms with van der Waals surface area (Å²) < 4.78 is 10.2. The number of nitrogens with one attached hydrogen (secondary N) is 2. The minimum Gasteiger partial charge on any atom is -0.462 e. The number of hydrogen-bond donors (Lipinski definition) is 2. The van der Waals surface area contributed by atoms with E-state index in [4.69, 9.17) is 9.47 Å². The lowest BCUT2D eigenvalue weighted by Crippen LogP contribution is -2.39. The summed E-state index contributed by atoms with van der Waals surface area (Å²) >= 11 is 1.36. The van der Waals surface area contributed by atoms with Crippen LogP contribution in [-0.2, 0) is 9.47 Å². The van der Waals surface area contributed by atoms with Crippen LogP contribution in [0.1, 0.15) is 47.2 Å². The third kappa shape index (κ3) is 8.23. The standard InChI is InChI=1S/C18H33N5O3S/c1-7-19-18(20-9-10-23(5)11-12-25-6)22-14(4)16-21-13(3)15(27-16)17(24)26-8-2/h14H,7-12H2,1-6H3,(H2,19,20,22). The van der Waals surface area contributed by atoms with Crippen molar-refractivity contribution in [3.63, 3.8) is 0 Å². The number of aryl methyl sites for hydroxylation is 1. The molecule has 8 nitrogen and oxygen atoms in total. The molecule has 1 unspecified atom stereocenters. The van der Waals surface area contributed by atoms with E-state index in [1.807, 2.05) is 27.8 Å². The van der Waals surface area contributed by atoms with E-state index in [9.17, 15) is 4.79 Å². The number of carbonyl (C=O) groups excluding carboxylic acids is 1. The van der Waals surface area contributed by atoms with Gasteiger partial charge in [-0.1, -0.05) is 0 Å².